The van der Waals surface area contributed by atoms with Crippen LogP contribution < -0.4 is 10.1 Å². The highest BCUT2D eigenvalue weighted by Crippen LogP contribution is 2.25. The van der Waals surface area contributed by atoms with Crippen LogP contribution in [0.2, 0.25) is 5.02 Å². The van der Waals surface area contributed by atoms with Crippen LogP contribution in [0.3, 0.4) is 0 Å². The van der Waals surface area contributed by atoms with Gasteiger partial charge in [0.15, 0.2) is 0 Å². The Kier molecular flexibility index (Phi) is 6.05. The van der Waals surface area contributed by atoms with Crippen LogP contribution in [0.4, 0.5) is 0 Å². The molecule has 0 heterocycles. The molecule has 0 unspecified atom stereocenters. The molecule has 1 N–H and O–H groups in total. The SMILES string of the molecule is CCc1ccc(OCc2c(Cl)cccc2CC(=O)NC)c(C)c1. The van der Waals surface area contributed by atoms with Gasteiger partial charge in [-0.3, -0.25) is 4.79 Å². The van der Waals surface area contributed by atoms with E-state index >= 15 is 0 Å². The molecule has 0 spiro atoms. The van der Waals surface area contributed by atoms with Crippen LogP contribution in [0.25, 0.3) is 0 Å². The van der Waals surface area contributed by atoms with Crippen molar-refractivity contribution in [1.29, 1.82) is 0 Å². The van der Waals surface area contributed by atoms with Gasteiger partial charge in [-0.25, -0.2) is 0 Å². The normalized spacial score (nSPS) is 10.4. The van der Waals surface area contributed by atoms with Crippen LogP contribution in [0.5, 0.6) is 5.75 Å². The number of benzene rings is 2. The molecule has 0 atom stereocenters. The third-order valence-electron chi connectivity index (χ3n) is 3.87. The van der Waals surface area contributed by atoms with Crippen molar-refractivity contribution in [2.75, 3.05) is 7.05 Å². The average molecular weight is 332 g/mol. The minimum absolute atomic E-state index is 0.0444. The van der Waals surface area contributed by atoms with Crippen molar-refractivity contribution in [1.82, 2.24) is 5.32 Å². The van der Waals surface area contributed by atoms with Crippen LogP contribution in [0.1, 0.15) is 29.2 Å². The van der Waals surface area contributed by atoms with E-state index in [1.165, 1.54) is 5.56 Å². The minimum atomic E-state index is -0.0444. The van der Waals surface area contributed by atoms with Gasteiger partial charge in [0.1, 0.15) is 12.4 Å². The van der Waals surface area contributed by atoms with Gasteiger partial charge in [-0.2, -0.15) is 0 Å². The molecule has 1 amide bonds. The maximum atomic E-state index is 11.6. The predicted octanol–water partition coefficient (Wildman–Crippen LogP) is 4.08. The number of hydrogen-bond donors (Lipinski definition) is 1. The third kappa shape index (κ3) is 4.49. The second-order valence-corrected chi connectivity index (χ2v) is 5.88. The first-order valence-electron chi connectivity index (χ1n) is 7.74. The molecule has 4 heteroatoms. The molecule has 2 rings (SSSR count). The largest absolute Gasteiger partial charge is 0.489 e. The smallest absolute Gasteiger partial charge is 0.224 e. The fourth-order valence-corrected chi connectivity index (χ4v) is 2.68. The Morgan fingerprint density at radius 1 is 1.26 bits per heavy atom. The van der Waals surface area contributed by atoms with Gasteiger partial charge in [-0.1, -0.05) is 42.8 Å². The number of likely N-dealkylation sites (N-methyl/N-ethyl adjacent to an activating group) is 1. The molecule has 122 valence electrons. The predicted molar refractivity (Wildman–Crippen MR) is 94.1 cm³/mol. The average Bonchev–Trinajstić information content (AvgIpc) is 2.55. The fourth-order valence-electron chi connectivity index (χ4n) is 2.44. The summed E-state index contributed by atoms with van der Waals surface area (Å²) in [5.41, 5.74) is 4.13. The van der Waals surface area contributed by atoms with E-state index in [0.717, 1.165) is 28.9 Å². The number of hydrogen-bond acceptors (Lipinski definition) is 2. The molecule has 3 nitrogen and oxygen atoms in total. The Bertz CT molecular complexity index is 698. The maximum absolute atomic E-state index is 11.6. The van der Waals surface area contributed by atoms with Crippen molar-refractivity contribution in [2.45, 2.75) is 33.3 Å². The van der Waals surface area contributed by atoms with Crippen molar-refractivity contribution < 1.29 is 9.53 Å². The van der Waals surface area contributed by atoms with Gasteiger partial charge in [-0.15, -0.1) is 0 Å². The lowest BCUT2D eigenvalue weighted by Gasteiger charge is -2.14. The summed E-state index contributed by atoms with van der Waals surface area (Å²) in [5.74, 6) is 0.796. The van der Waals surface area contributed by atoms with Gasteiger partial charge in [0.2, 0.25) is 5.91 Å². The summed E-state index contributed by atoms with van der Waals surface area (Å²) in [6.07, 6.45) is 1.30. The Hall–Kier alpha value is -2.00. The molecule has 2 aromatic carbocycles. The van der Waals surface area contributed by atoms with Gasteiger partial charge in [0.25, 0.3) is 0 Å². The number of aryl methyl sites for hydroxylation is 2. The summed E-state index contributed by atoms with van der Waals surface area (Å²) in [6.45, 7) is 4.51. The second kappa shape index (κ2) is 8.02. The summed E-state index contributed by atoms with van der Waals surface area (Å²) in [7, 11) is 1.63. The van der Waals surface area contributed by atoms with Gasteiger partial charge >= 0.3 is 0 Å². The van der Waals surface area contributed by atoms with Crippen LogP contribution in [-0.2, 0) is 24.2 Å². The van der Waals surface area contributed by atoms with E-state index in [-0.39, 0.29) is 5.91 Å². The van der Waals surface area contributed by atoms with Crippen molar-refractivity contribution >= 4 is 17.5 Å². The fraction of sp³-hybridized carbons (Fsp3) is 0.316. The number of halogens is 1. The Morgan fingerprint density at radius 2 is 2.04 bits per heavy atom. The monoisotopic (exact) mass is 331 g/mol. The Labute approximate surface area is 142 Å². The molecule has 0 aliphatic carbocycles. The third-order valence-corrected chi connectivity index (χ3v) is 4.22. The highest BCUT2D eigenvalue weighted by atomic mass is 35.5. The van der Waals surface area contributed by atoms with Crippen molar-refractivity contribution in [2.24, 2.45) is 0 Å². The Balaban J connectivity index is 2.18. The number of amides is 1. The zero-order valence-corrected chi connectivity index (χ0v) is 14.5. The first-order valence-corrected chi connectivity index (χ1v) is 8.12. The Morgan fingerprint density at radius 3 is 2.70 bits per heavy atom. The quantitative estimate of drug-likeness (QED) is 0.866. The number of carbonyl (C=O) groups is 1. The lowest BCUT2D eigenvalue weighted by molar-refractivity contribution is -0.119. The van der Waals surface area contributed by atoms with E-state index in [4.69, 9.17) is 16.3 Å². The molecule has 0 aliphatic rings. The molecule has 0 aromatic heterocycles. The maximum Gasteiger partial charge on any atom is 0.224 e. The molecular weight excluding hydrogens is 310 g/mol. The van der Waals surface area contributed by atoms with E-state index in [1.54, 1.807) is 7.05 Å². The number of rotatable bonds is 6. The highest BCUT2D eigenvalue weighted by Gasteiger charge is 2.11. The number of nitrogens with one attached hydrogen (secondary N) is 1. The van der Waals surface area contributed by atoms with Crippen molar-refractivity contribution in [3.05, 3.63) is 63.7 Å². The van der Waals surface area contributed by atoms with Crippen LogP contribution in [0, 0.1) is 6.92 Å². The zero-order valence-electron chi connectivity index (χ0n) is 13.8. The molecule has 0 radical (unpaired) electrons. The molecule has 0 aliphatic heterocycles. The summed E-state index contributed by atoms with van der Waals surface area (Å²) >= 11 is 6.30. The van der Waals surface area contributed by atoms with Crippen LogP contribution >= 0.6 is 11.6 Å². The minimum Gasteiger partial charge on any atom is -0.489 e. The molecule has 0 saturated heterocycles. The van der Waals surface area contributed by atoms with Crippen LogP contribution in [0.15, 0.2) is 36.4 Å². The van der Waals surface area contributed by atoms with Crippen molar-refractivity contribution in [3.8, 4) is 5.75 Å². The topological polar surface area (TPSA) is 38.3 Å². The number of ether oxygens (including phenoxy) is 1. The molecule has 2 aromatic rings. The van der Waals surface area contributed by atoms with E-state index in [1.807, 2.05) is 31.2 Å². The molecule has 0 saturated carbocycles. The lowest BCUT2D eigenvalue weighted by Crippen LogP contribution is -2.21. The highest BCUT2D eigenvalue weighted by molar-refractivity contribution is 6.31. The van der Waals surface area contributed by atoms with E-state index in [2.05, 4.69) is 24.4 Å². The summed E-state index contributed by atoms with van der Waals surface area (Å²) in [5, 5.41) is 3.25. The first kappa shape index (κ1) is 17.4. The zero-order chi connectivity index (χ0) is 16.8. The van der Waals surface area contributed by atoms with Gasteiger partial charge in [-0.05, 0) is 42.2 Å². The van der Waals surface area contributed by atoms with E-state index in [0.29, 0.717) is 18.1 Å². The standard InChI is InChI=1S/C19H22ClNO2/c1-4-14-8-9-18(13(2)10-14)23-12-16-15(11-19(22)21-3)6-5-7-17(16)20/h5-10H,4,11-12H2,1-3H3,(H,21,22). The molecule has 0 bridgehead atoms. The van der Waals surface area contributed by atoms with Gasteiger partial charge in [0.05, 0.1) is 6.42 Å². The first-order chi connectivity index (χ1) is 11.0. The summed E-state index contributed by atoms with van der Waals surface area (Å²) < 4.78 is 5.94. The van der Waals surface area contributed by atoms with E-state index in [9.17, 15) is 4.79 Å². The molecule has 23 heavy (non-hydrogen) atoms. The van der Waals surface area contributed by atoms with Gasteiger partial charge < -0.3 is 10.1 Å². The molecular formula is C19H22ClNO2. The second-order valence-electron chi connectivity index (χ2n) is 5.47. The summed E-state index contributed by atoms with van der Waals surface area (Å²) in [4.78, 5) is 11.6. The van der Waals surface area contributed by atoms with Gasteiger partial charge in [0, 0.05) is 17.6 Å². The number of carbonyl (C=O) groups excluding carboxylic acids is 1. The summed E-state index contributed by atoms with van der Waals surface area (Å²) in [6, 6.07) is 11.8. The van der Waals surface area contributed by atoms with Crippen LogP contribution in [-0.4, -0.2) is 13.0 Å². The lowest BCUT2D eigenvalue weighted by atomic mass is 10.0. The van der Waals surface area contributed by atoms with Crippen molar-refractivity contribution in [3.63, 3.8) is 0 Å². The van der Waals surface area contributed by atoms with E-state index < -0.39 is 0 Å². The molecule has 0 fully saturated rings.